The molecule has 0 fully saturated rings. The number of benzene rings is 2. The van der Waals surface area contributed by atoms with E-state index >= 15 is 0 Å². The van der Waals surface area contributed by atoms with Gasteiger partial charge in [-0.25, -0.2) is 9.18 Å². The Morgan fingerprint density at radius 1 is 1.30 bits per heavy atom. The predicted octanol–water partition coefficient (Wildman–Crippen LogP) is 4.52. The van der Waals surface area contributed by atoms with E-state index < -0.39 is 11.8 Å². The topological polar surface area (TPSA) is 46.5 Å². The summed E-state index contributed by atoms with van der Waals surface area (Å²) in [4.78, 5) is 11.1. The maximum atomic E-state index is 13.5. The van der Waals surface area contributed by atoms with Gasteiger partial charge in [0.15, 0.2) is 0 Å². The third kappa shape index (κ3) is 3.49. The lowest BCUT2D eigenvalue weighted by Crippen LogP contribution is -2.04. The molecule has 3 nitrogen and oxygen atoms in total. The molecule has 0 radical (unpaired) electrons. The summed E-state index contributed by atoms with van der Waals surface area (Å²) in [6.45, 7) is -0.108. The van der Waals surface area contributed by atoms with Crippen LogP contribution < -0.4 is 4.74 Å². The number of aromatic carboxylic acids is 1. The molecule has 0 saturated heterocycles. The molecule has 104 valence electrons. The Kier molecular flexibility index (Phi) is 4.62. The van der Waals surface area contributed by atoms with Crippen LogP contribution in [0.4, 0.5) is 4.39 Å². The van der Waals surface area contributed by atoms with Gasteiger partial charge in [-0.3, -0.25) is 0 Å². The minimum Gasteiger partial charge on any atom is -0.488 e. The highest BCUT2D eigenvalue weighted by Crippen LogP contribution is 2.25. The molecule has 0 bridgehead atoms. The van der Waals surface area contributed by atoms with Gasteiger partial charge in [-0.2, -0.15) is 0 Å². The van der Waals surface area contributed by atoms with Gasteiger partial charge >= 0.3 is 5.97 Å². The molecule has 0 aliphatic rings. The van der Waals surface area contributed by atoms with E-state index in [9.17, 15) is 9.18 Å². The molecule has 0 unspecified atom stereocenters. The fourth-order valence-corrected chi connectivity index (χ4v) is 2.14. The van der Waals surface area contributed by atoms with E-state index in [1.807, 2.05) is 0 Å². The number of hydrogen-bond donors (Lipinski definition) is 1. The standard InChI is InChI=1S/C14H9BrClFO3/c15-9-1-3-11(14(18)19)13(6-9)20-7-8-5-10(16)2-4-12(8)17/h1-6H,7H2,(H,18,19). The fourth-order valence-electron chi connectivity index (χ4n) is 1.60. The quantitative estimate of drug-likeness (QED) is 0.873. The average Bonchev–Trinajstić information content (AvgIpc) is 2.39. The molecule has 0 spiro atoms. The van der Waals surface area contributed by atoms with Crippen molar-refractivity contribution in [1.29, 1.82) is 0 Å². The third-order valence-corrected chi connectivity index (χ3v) is 3.29. The normalized spacial score (nSPS) is 10.3. The van der Waals surface area contributed by atoms with E-state index in [-0.39, 0.29) is 23.5 Å². The summed E-state index contributed by atoms with van der Waals surface area (Å²) in [7, 11) is 0. The van der Waals surface area contributed by atoms with Gasteiger partial charge < -0.3 is 9.84 Å². The first kappa shape index (κ1) is 14.8. The van der Waals surface area contributed by atoms with Crippen LogP contribution >= 0.6 is 27.5 Å². The Morgan fingerprint density at radius 2 is 2.05 bits per heavy atom. The smallest absolute Gasteiger partial charge is 0.339 e. The van der Waals surface area contributed by atoms with Gasteiger partial charge in [0.2, 0.25) is 0 Å². The maximum absolute atomic E-state index is 13.5. The van der Waals surface area contributed by atoms with Crippen molar-refractivity contribution in [3.05, 3.63) is 62.8 Å². The minimum absolute atomic E-state index is 0.00985. The van der Waals surface area contributed by atoms with Crippen LogP contribution in [-0.2, 0) is 6.61 Å². The summed E-state index contributed by atoms with van der Waals surface area (Å²) in [5.74, 6) is -1.41. The minimum atomic E-state index is -1.11. The Hall–Kier alpha value is -1.59. The largest absolute Gasteiger partial charge is 0.488 e. The first-order chi connectivity index (χ1) is 9.47. The molecule has 0 aliphatic carbocycles. The Bertz CT molecular complexity index is 661. The SMILES string of the molecule is O=C(O)c1ccc(Br)cc1OCc1cc(Cl)ccc1F. The van der Waals surface area contributed by atoms with Crippen LogP contribution in [0.1, 0.15) is 15.9 Å². The molecule has 0 saturated carbocycles. The van der Waals surface area contributed by atoms with Gasteiger partial charge in [0, 0.05) is 15.1 Å². The monoisotopic (exact) mass is 358 g/mol. The lowest BCUT2D eigenvalue weighted by atomic mass is 10.2. The van der Waals surface area contributed by atoms with Crippen molar-refractivity contribution in [2.45, 2.75) is 6.61 Å². The van der Waals surface area contributed by atoms with Gasteiger partial charge in [-0.15, -0.1) is 0 Å². The molecule has 0 heterocycles. The van der Waals surface area contributed by atoms with Gasteiger partial charge in [0.05, 0.1) is 0 Å². The van der Waals surface area contributed by atoms with Crippen LogP contribution in [0.3, 0.4) is 0 Å². The van der Waals surface area contributed by atoms with Crippen molar-refractivity contribution in [1.82, 2.24) is 0 Å². The van der Waals surface area contributed by atoms with Gasteiger partial charge in [-0.05, 0) is 36.4 Å². The van der Waals surface area contributed by atoms with Crippen molar-refractivity contribution in [2.24, 2.45) is 0 Å². The van der Waals surface area contributed by atoms with E-state index in [1.165, 1.54) is 30.3 Å². The summed E-state index contributed by atoms with van der Waals surface area (Å²) in [5.41, 5.74) is 0.268. The zero-order valence-electron chi connectivity index (χ0n) is 10.1. The molecular weight excluding hydrogens is 351 g/mol. The Balaban J connectivity index is 2.24. The first-order valence-corrected chi connectivity index (χ1v) is 6.74. The molecular formula is C14H9BrClFO3. The molecule has 2 aromatic carbocycles. The number of carboxylic acids is 1. The van der Waals surface area contributed by atoms with Crippen LogP contribution in [0.2, 0.25) is 5.02 Å². The summed E-state index contributed by atoms with van der Waals surface area (Å²) >= 11 is 9.01. The molecule has 0 atom stereocenters. The van der Waals surface area contributed by atoms with Gasteiger partial charge in [0.25, 0.3) is 0 Å². The van der Waals surface area contributed by atoms with Crippen LogP contribution in [-0.4, -0.2) is 11.1 Å². The number of halogens is 3. The maximum Gasteiger partial charge on any atom is 0.339 e. The fraction of sp³-hybridized carbons (Fsp3) is 0.0714. The second kappa shape index (κ2) is 6.24. The highest BCUT2D eigenvalue weighted by atomic mass is 79.9. The van der Waals surface area contributed by atoms with Crippen molar-refractivity contribution < 1.29 is 19.0 Å². The summed E-state index contributed by atoms with van der Waals surface area (Å²) in [5, 5.41) is 9.45. The number of carbonyl (C=O) groups is 1. The first-order valence-electron chi connectivity index (χ1n) is 5.57. The lowest BCUT2D eigenvalue weighted by molar-refractivity contribution is 0.0691. The van der Waals surface area contributed by atoms with Gasteiger partial charge in [-0.1, -0.05) is 27.5 Å². The number of rotatable bonds is 4. The number of hydrogen-bond acceptors (Lipinski definition) is 2. The Morgan fingerprint density at radius 3 is 2.75 bits per heavy atom. The second-order valence-corrected chi connectivity index (χ2v) is 5.32. The molecule has 2 rings (SSSR count). The molecule has 20 heavy (non-hydrogen) atoms. The van der Waals surface area contributed by atoms with E-state index in [4.69, 9.17) is 21.4 Å². The average molecular weight is 360 g/mol. The summed E-state index contributed by atoms with van der Waals surface area (Å²) in [6, 6.07) is 8.63. The van der Waals surface area contributed by atoms with Crippen molar-refractivity contribution in [2.75, 3.05) is 0 Å². The highest BCUT2D eigenvalue weighted by molar-refractivity contribution is 9.10. The summed E-state index contributed by atoms with van der Waals surface area (Å²) in [6.07, 6.45) is 0. The van der Waals surface area contributed by atoms with Crippen molar-refractivity contribution in [3.63, 3.8) is 0 Å². The molecule has 0 aliphatic heterocycles. The van der Waals surface area contributed by atoms with E-state index in [0.717, 1.165) is 0 Å². The van der Waals surface area contributed by atoms with Crippen LogP contribution in [0, 0.1) is 5.82 Å². The second-order valence-electron chi connectivity index (χ2n) is 3.97. The molecule has 0 amide bonds. The Labute approximate surface area is 128 Å². The van der Waals surface area contributed by atoms with E-state index in [0.29, 0.717) is 9.50 Å². The zero-order valence-corrected chi connectivity index (χ0v) is 12.4. The molecule has 1 N–H and O–H groups in total. The predicted molar refractivity (Wildman–Crippen MR) is 76.8 cm³/mol. The van der Waals surface area contributed by atoms with Crippen LogP contribution in [0.15, 0.2) is 40.9 Å². The number of carboxylic acid groups (broad SMARTS) is 1. The van der Waals surface area contributed by atoms with Crippen molar-refractivity contribution >= 4 is 33.5 Å². The number of ether oxygens (including phenoxy) is 1. The molecule has 0 aromatic heterocycles. The molecule has 2 aromatic rings. The van der Waals surface area contributed by atoms with Crippen LogP contribution in [0.25, 0.3) is 0 Å². The van der Waals surface area contributed by atoms with E-state index in [1.54, 1.807) is 6.07 Å². The molecule has 6 heteroatoms. The van der Waals surface area contributed by atoms with Crippen molar-refractivity contribution in [3.8, 4) is 5.75 Å². The van der Waals surface area contributed by atoms with E-state index in [2.05, 4.69) is 15.9 Å². The summed E-state index contributed by atoms with van der Waals surface area (Å²) < 4.78 is 19.6. The lowest BCUT2D eigenvalue weighted by Gasteiger charge is -2.10. The highest BCUT2D eigenvalue weighted by Gasteiger charge is 2.13. The van der Waals surface area contributed by atoms with Gasteiger partial charge in [0.1, 0.15) is 23.7 Å². The van der Waals surface area contributed by atoms with Crippen LogP contribution in [0.5, 0.6) is 5.75 Å². The zero-order chi connectivity index (χ0) is 14.7. The third-order valence-electron chi connectivity index (χ3n) is 2.57.